The zero-order chi connectivity index (χ0) is 9.80. The summed E-state index contributed by atoms with van der Waals surface area (Å²) in [6.45, 7) is 4.82. The van der Waals surface area contributed by atoms with Crippen LogP contribution in [0, 0.1) is 0 Å². The van der Waals surface area contributed by atoms with Crippen LogP contribution in [0.3, 0.4) is 0 Å². The fourth-order valence-electron chi connectivity index (χ4n) is 2.69. The SMILES string of the molecule is COC1CCC(N2CCNCC2)CC1.Cl.Cl. The second-order valence-corrected chi connectivity index (χ2v) is 4.45. The highest BCUT2D eigenvalue weighted by molar-refractivity contribution is 5.85. The van der Waals surface area contributed by atoms with Crippen molar-refractivity contribution < 1.29 is 4.74 Å². The summed E-state index contributed by atoms with van der Waals surface area (Å²) in [7, 11) is 1.84. The van der Waals surface area contributed by atoms with Crippen LogP contribution in [0.15, 0.2) is 0 Å². The Labute approximate surface area is 111 Å². The van der Waals surface area contributed by atoms with E-state index in [0.29, 0.717) is 6.10 Å². The highest BCUT2D eigenvalue weighted by atomic mass is 35.5. The van der Waals surface area contributed by atoms with Gasteiger partial charge in [-0.15, -0.1) is 24.8 Å². The van der Waals surface area contributed by atoms with Gasteiger partial charge in [-0.3, -0.25) is 4.90 Å². The van der Waals surface area contributed by atoms with Crippen LogP contribution in [0.25, 0.3) is 0 Å². The largest absolute Gasteiger partial charge is 0.381 e. The number of nitrogens with zero attached hydrogens (tertiary/aromatic N) is 1. The van der Waals surface area contributed by atoms with E-state index in [2.05, 4.69) is 10.2 Å². The van der Waals surface area contributed by atoms with E-state index >= 15 is 0 Å². The summed E-state index contributed by atoms with van der Waals surface area (Å²) in [6, 6.07) is 0.837. The molecule has 0 unspecified atom stereocenters. The van der Waals surface area contributed by atoms with Gasteiger partial charge in [-0.05, 0) is 25.7 Å². The van der Waals surface area contributed by atoms with Gasteiger partial charge in [0.15, 0.2) is 0 Å². The third-order valence-electron chi connectivity index (χ3n) is 3.65. The molecule has 1 aliphatic heterocycles. The molecule has 2 fully saturated rings. The van der Waals surface area contributed by atoms with E-state index in [0.717, 1.165) is 6.04 Å². The molecule has 0 spiro atoms. The van der Waals surface area contributed by atoms with Crippen LogP contribution < -0.4 is 5.32 Å². The topological polar surface area (TPSA) is 24.5 Å². The lowest BCUT2D eigenvalue weighted by Crippen LogP contribution is -2.49. The van der Waals surface area contributed by atoms with Crippen molar-refractivity contribution in [1.82, 2.24) is 10.2 Å². The van der Waals surface area contributed by atoms with Crippen molar-refractivity contribution in [2.24, 2.45) is 0 Å². The quantitative estimate of drug-likeness (QED) is 0.827. The maximum atomic E-state index is 5.40. The predicted molar refractivity (Wildman–Crippen MR) is 72.0 cm³/mol. The van der Waals surface area contributed by atoms with Gasteiger partial charge in [-0.2, -0.15) is 0 Å². The number of hydrogen-bond acceptors (Lipinski definition) is 3. The molecule has 0 atom stereocenters. The Kier molecular flexibility index (Phi) is 8.78. The lowest BCUT2D eigenvalue weighted by Gasteiger charge is -2.38. The second-order valence-electron chi connectivity index (χ2n) is 4.45. The molecule has 2 aliphatic rings. The first-order valence-corrected chi connectivity index (χ1v) is 5.87. The smallest absolute Gasteiger partial charge is 0.0572 e. The van der Waals surface area contributed by atoms with Gasteiger partial charge in [0.2, 0.25) is 0 Å². The van der Waals surface area contributed by atoms with Crippen molar-refractivity contribution in [3.8, 4) is 0 Å². The lowest BCUT2D eigenvalue weighted by atomic mass is 9.91. The highest BCUT2D eigenvalue weighted by Gasteiger charge is 2.26. The summed E-state index contributed by atoms with van der Waals surface area (Å²) in [6.07, 6.45) is 5.71. The van der Waals surface area contributed by atoms with Gasteiger partial charge in [0, 0.05) is 39.3 Å². The van der Waals surface area contributed by atoms with Gasteiger partial charge in [0.05, 0.1) is 6.10 Å². The molecule has 0 aromatic rings. The van der Waals surface area contributed by atoms with Gasteiger partial charge in [-0.1, -0.05) is 0 Å². The molecule has 0 radical (unpaired) electrons. The third kappa shape index (κ3) is 4.38. The minimum Gasteiger partial charge on any atom is -0.381 e. The monoisotopic (exact) mass is 270 g/mol. The minimum atomic E-state index is 0. The molecule has 3 nitrogen and oxygen atoms in total. The van der Waals surface area contributed by atoms with Crippen molar-refractivity contribution in [2.45, 2.75) is 37.8 Å². The molecule has 1 N–H and O–H groups in total. The van der Waals surface area contributed by atoms with Crippen LogP contribution in [0.5, 0.6) is 0 Å². The standard InChI is InChI=1S/C11H22N2O.2ClH/c1-14-11-4-2-10(3-5-11)13-8-6-12-7-9-13;;/h10-12H,2-9H2,1H3;2*1H. The molecular weight excluding hydrogens is 247 g/mol. The van der Waals surface area contributed by atoms with Crippen LogP contribution >= 0.6 is 24.8 Å². The van der Waals surface area contributed by atoms with E-state index in [1.807, 2.05) is 7.11 Å². The molecule has 16 heavy (non-hydrogen) atoms. The number of ether oxygens (including phenoxy) is 1. The minimum absolute atomic E-state index is 0. The molecule has 0 aromatic carbocycles. The zero-order valence-electron chi connectivity index (χ0n) is 9.98. The first kappa shape index (κ1) is 16.5. The number of methoxy groups -OCH3 is 1. The summed E-state index contributed by atoms with van der Waals surface area (Å²) in [5, 5.41) is 3.41. The summed E-state index contributed by atoms with van der Waals surface area (Å²) in [4.78, 5) is 2.66. The lowest BCUT2D eigenvalue weighted by molar-refractivity contribution is 0.0355. The highest BCUT2D eigenvalue weighted by Crippen LogP contribution is 2.24. The average Bonchev–Trinajstić information content (AvgIpc) is 2.30. The molecule has 5 heteroatoms. The van der Waals surface area contributed by atoms with E-state index in [1.165, 1.54) is 51.9 Å². The molecule has 1 aliphatic carbocycles. The maximum Gasteiger partial charge on any atom is 0.0572 e. The van der Waals surface area contributed by atoms with E-state index in [9.17, 15) is 0 Å². The van der Waals surface area contributed by atoms with E-state index in [1.54, 1.807) is 0 Å². The van der Waals surface area contributed by atoms with Gasteiger partial charge in [0.25, 0.3) is 0 Å². The Balaban J connectivity index is 0.00000112. The Morgan fingerprint density at radius 1 is 1.00 bits per heavy atom. The van der Waals surface area contributed by atoms with Crippen LogP contribution in [-0.4, -0.2) is 50.3 Å². The Morgan fingerprint density at radius 2 is 1.56 bits per heavy atom. The molecule has 0 amide bonds. The van der Waals surface area contributed by atoms with Crippen molar-refractivity contribution in [2.75, 3.05) is 33.3 Å². The average molecular weight is 271 g/mol. The van der Waals surface area contributed by atoms with Crippen LogP contribution in [0.1, 0.15) is 25.7 Å². The number of piperazine rings is 1. The molecule has 1 heterocycles. The van der Waals surface area contributed by atoms with Crippen molar-refractivity contribution in [3.05, 3.63) is 0 Å². The summed E-state index contributed by atoms with van der Waals surface area (Å²) >= 11 is 0. The number of halogens is 2. The van der Waals surface area contributed by atoms with E-state index in [4.69, 9.17) is 4.74 Å². The van der Waals surface area contributed by atoms with Crippen LogP contribution in [0.4, 0.5) is 0 Å². The molecule has 98 valence electrons. The van der Waals surface area contributed by atoms with Crippen LogP contribution in [-0.2, 0) is 4.74 Å². The number of nitrogens with one attached hydrogen (secondary N) is 1. The van der Waals surface area contributed by atoms with Crippen LogP contribution in [0.2, 0.25) is 0 Å². The van der Waals surface area contributed by atoms with Gasteiger partial charge in [0.1, 0.15) is 0 Å². The molecule has 1 saturated carbocycles. The fourth-order valence-corrected chi connectivity index (χ4v) is 2.69. The molecule has 1 saturated heterocycles. The maximum absolute atomic E-state index is 5.40. The molecule has 2 rings (SSSR count). The van der Waals surface area contributed by atoms with Gasteiger partial charge in [-0.25, -0.2) is 0 Å². The fraction of sp³-hybridized carbons (Fsp3) is 1.00. The number of rotatable bonds is 2. The predicted octanol–water partition coefficient (Wildman–Crippen LogP) is 1.69. The third-order valence-corrected chi connectivity index (χ3v) is 3.65. The van der Waals surface area contributed by atoms with Crippen molar-refractivity contribution in [3.63, 3.8) is 0 Å². The second kappa shape index (κ2) is 8.54. The van der Waals surface area contributed by atoms with Gasteiger partial charge >= 0.3 is 0 Å². The molecule has 0 aromatic heterocycles. The Morgan fingerprint density at radius 3 is 2.06 bits per heavy atom. The Hall–Kier alpha value is 0.460. The number of hydrogen-bond donors (Lipinski definition) is 1. The summed E-state index contributed by atoms with van der Waals surface area (Å²) < 4.78 is 5.40. The molecule has 0 bridgehead atoms. The van der Waals surface area contributed by atoms with Gasteiger partial charge < -0.3 is 10.1 Å². The van der Waals surface area contributed by atoms with Crippen molar-refractivity contribution >= 4 is 24.8 Å². The Bertz CT molecular complexity index is 169. The summed E-state index contributed by atoms with van der Waals surface area (Å²) in [5.74, 6) is 0. The normalized spacial score (nSPS) is 31.3. The first-order valence-electron chi connectivity index (χ1n) is 5.87. The van der Waals surface area contributed by atoms with Crippen molar-refractivity contribution in [1.29, 1.82) is 0 Å². The first-order chi connectivity index (χ1) is 6.90. The summed E-state index contributed by atoms with van der Waals surface area (Å²) in [5.41, 5.74) is 0. The van der Waals surface area contributed by atoms with E-state index < -0.39 is 0 Å². The van der Waals surface area contributed by atoms with E-state index in [-0.39, 0.29) is 24.8 Å². The molecular formula is C11H24Cl2N2O. The zero-order valence-corrected chi connectivity index (χ0v) is 11.6.